The third kappa shape index (κ3) is 7.49. The van der Waals surface area contributed by atoms with E-state index in [9.17, 15) is 14.3 Å². The number of rotatable bonds is 8. The van der Waals surface area contributed by atoms with Gasteiger partial charge in [0.2, 0.25) is 6.41 Å². The number of carbonyl (C=O) groups is 1. The Bertz CT molecular complexity index is 447. The second-order valence-corrected chi connectivity index (χ2v) is 5.87. The summed E-state index contributed by atoms with van der Waals surface area (Å²) >= 11 is 0. The van der Waals surface area contributed by atoms with E-state index in [1.54, 1.807) is 20.8 Å². The maximum absolute atomic E-state index is 12.6. The Hall–Kier alpha value is -1.50. The van der Waals surface area contributed by atoms with E-state index in [1.165, 1.54) is 0 Å². The molecule has 0 aliphatic carbocycles. The van der Waals surface area contributed by atoms with Crippen molar-refractivity contribution in [2.24, 2.45) is 0 Å². The second-order valence-electron chi connectivity index (χ2n) is 5.87. The van der Waals surface area contributed by atoms with Crippen LogP contribution in [-0.2, 0) is 20.9 Å². The van der Waals surface area contributed by atoms with Gasteiger partial charge in [-0.15, -0.1) is 0 Å². The average molecular weight is 313 g/mol. The zero-order valence-corrected chi connectivity index (χ0v) is 13.2. The smallest absolute Gasteiger partial charge is 0.323 e. The van der Waals surface area contributed by atoms with Gasteiger partial charge in [-0.1, -0.05) is 30.3 Å². The van der Waals surface area contributed by atoms with Crippen molar-refractivity contribution in [1.82, 2.24) is 5.32 Å². The van der Waals surface area contributed by atoms with Crippen molar-refractivity contribution in [3.05, 3.63) is 35.9 Å². The third-order valence-electron chi connectivity index (χ3n) is 2.72. The minimum Gasteiger partial charge on any atom is -0.460 e. The summed E-state index contributed by atoms with van der Waals surface area (Å²) in [7, 11) is 0. The summed E-state index contributed by atoms with van der Waals surface area (Å²) in [6.45, 7) is 4.67. The molecule has 2 atom stereocenters. The largest absolute Gasteiger partial charge is 0.460 e. The van der Waals surface area contributed by atoms with Crippen LogP contribution in [0.3, 0.4) is 0 Å². The van der Waals surface area contributed by atoms with Gasteiger partial charge in [0.25, 0.3) is 0 Å². The highest BCUT2D eigenvalue weighted by Gasteiger charge is 2.25. The molecule has 6 heteroatoms. The number of hydrogen-bond donors (Lipinski definition) is 2. The van der Waals surface area contributed by atoms with Crippen molar-refractivity contribution in [2.45, 2.75) is 51.9 Å². The Morgan fingerprint density at radius 3 is 2.50 bits per heavy atom. The number of hydrogen-bond acceptors (Lipinski definition) is 5. The lowest BCUT2D eigenvalue weighted by molar-refractivity contribution is -0.191. The van der Waals surface area contributed by atoms with Gasteiger partial charge in [0.05, 0.1) is 12.3 Å². The van der Waals surface area contributed by atoms with Gasteiger partial charge in [-0.25, -0.2) is 0 Å². The van der Waals surface area contributed by atoms with Crippen LogP contribution in [0.4, 0.5) is 4.39 Å². The first-order valence-electron chi connectivity index (χ1n) is 7.20. The Labute approximate surface area is 130 Å². The van der Waals surface area contributed by atoms with E-state index in [4.69, 9.17) is 9.47 Å². The van der Waals surface area contributed by atoms with Crippen molar-refractivity contribution in [1.29, 1.82) is 0 Å². The number of halogens is 1. The first-order valence-corrected chi connectivity index (χ1v) is 7.20. The molecule has 1 unspecified atom stereocenters. The number of benzene rings is 1. The van der Waals surface area contributed by atoms with Gasteiger partial charge in [0, 0.05) is 6.42 Å². The van der Waals surface area contributed by atoms with Gasteiger partial charge >= 0.3 is 5.97 Å². The fourth-order valence-corrected chi connectivity index (χ4v) is 1.75. The molecular formula is C16H24FNO4. The van der Waals surface area contributed by atoms with Gasteiger partial charge in [-0.2, -0.15) is 0 Å². The molecule has 1 aromatic rings. The molecule has 124 valence electrons. The van der Waals surface area contributed by atoms with E-state index in [2.05, 4.69) is 5.32 Å². The van der Waals surface area contributed by atoms with E-state index >= 15 is 0 Å². The zero-order chi connectivity index (χ0) is 16.6. The van der Waals surface area contributed by atoms with Gasteiger partial charge in [-0.05, 0) is 26.3 Å². The van der Waals surface area contributed by atoms with E-state index < -0.39 is 30.7 Å². The molecule has 0 radical (unpaired) electrons. The zero-order valence-electron chi connectivity index (χ0n) is 13.2. The molecule has 1 rings (SSSR count). The molecule has 0 aliphatic heterocycles. The van der Waals surface area contributed by atoms with Crippen LogP contribution in [0.2, 0.25) is 0 Å². The molecule has 0 aromatic heterocycles. The van der Waals surface area contributed by atoms with E-state index in [-0.39, 0.29) is 13.0 Å². The summed E-state index contributed by atoms with van der Waals surface area (Å²) in [5, 5.41) is 12.3. The number of esters is 1. The predicted molar refractivity (Wildman–Crippen MR) is 80.6 cm³/mol. The van der Waals surface area contributed by atoms with Crippen LogP contribution in [0, 0.1) is 0 Å². The summed E-state index contributed by atoms with van der Waals surface area (Å²) in [6, 6.07) is 8.21. The van der Waals surface area contributed by atoms with Crippen LogP contribution in [-0.4, -0.2) is 35.8 Å². The number of ether oxygens (including phenoxy) is 2. The van der Waals surface area contributed by atoms with Crippen molar-refractivity contribution in [2.75, 3.05) is 6.67 Å². The number of carbonyl (C=O) groups excluding carboxylic acids is 1. The molecule has 0 bridgehead atoms. The average Bonchev–Trinajstić information content (AvgIpc) is 2.43. The van der Waals surface area contributed by atoms with Crippen molar-refractivity contribution < 1.29 is 23.8 Å². The molecule has 5 nitrogen and oxygen atoms in total. The minimum absolute atomic E-state index is 0.0976. The van der Waals surface area contributed by atoms with Gasteiger partial charge in [-0.3, -0.25) is 14.5 Å². The molecule has 0 saturated carbocycles. The number of alkyl halides is 1. The highest BCUT2D eigenvalue weighted by atomic mass is 19.1. The number of nitrogens with one attached hydrogen (secondary N) is 1. The Kier molecular flexibility index (Phi) is 7.44. The van der Waals surface area contributed by atoms with Crippen LogP contribution in [0.25, 0.3) is 0 Å². The molecule has 1 aromatic carbocycles. The highest BCUT2D eigenvalue weighted by Crippen LogP contribution is 2.10. The van der Waals surface area contributed by atoms with E-state index in [0.717, 1.165) is 5.56 Å². The lowest BCUT2D eigenvalue weighted by atomic mass is 10.2. The van der Waals surface area contributed by atoms with Gasteiger partial charge in [0.15, 0.2) is 0 Å². The monoisotopic (exact) mass is 313 g/mol. The molecule has 0 saturated heterocycles. The SMILES string of the molecule is CC(C)(C)OC(O)N[C@@H](CCF)C(=O)OCc1ccccc1. The fourth-order valence-electron chi connectivity index (χ4n) is 1.75. The summed E-state index contributed by atoms with van der Waals surface area (Å²) < 4.78 is 23.0. The minimum atomic E-state index is -1.37. The van der Waals surface area contributed by atoms with Crippen LogP contribution in [0.5, 0.6) is 0 Å². The third-order valence-corrected chi connectivity index (χ3v) is 2.72. The Morgan fingerprint density at radius 1 is 1.32 bits per heavy atom. The fraction of sp³-hybridized carbons (Fsp3) is 0.562. The topological polar surface area (TPSA) is 67.8 Å². The first kappa shape index (κ1) is 18.5. The molecule has 0 amide bonds. The molecule has 0 heterocycles. The summed E-state index contributed by atoms with van der Waals surface area (Å²) in [6.07, 6.45) is -1.47. The molecular weight excluding hydrogens is 289 g/mol. The molecule has 0 fully saturated rings. The normalized spacial score (nSPS) is 14.4. The Morgan fingerprint density at radius 2 is 1.95 bits per heavy atom. The molecule has 0 aliphatic rings. The van der Waals surface area contributed by atoms with Crippen LogP contribution >= 0.6 is 0 Å². The number of aliphatic hydroxyl groups excluding tert-OH is 1. The van der Waals surface area contributed by atoms with Crippen molar-refractivity contribution in [3.63, 3.8) is 0 Å². The maximum Gasteiger partial charge on any atom is 0.323 e. The van der Waals surface area contributed by atoms with Gasteiger partial charge in [0.1, 0.15) is 12.6 Å². The van der Waals surface area contributed by atoms with Crippen LogP contribution in [0.1, 0.15) is 32.8 Å². The van der Waals surface area contributed by atoms with Gasteiger partial charge < -0.3 is 14.6 Å². The van der Waals surface area contributed by atoms with Crippen LogP contribution < -0.4 is 5.32 Å². The molecule has 22 heavy (non-hydrogen) atoms. The van der Waals surface area contributed by atoms with Crippen LogP contribution in [0.15, 0.2) is 30.3 Å². The second kappa shape index (κ2) is 8.82. The summed E-state index contributed by atoms with van der Waals surface area (Å²) in [4.78, 5) is 12.0. The van der Waals surface area contributed by atoms with Crippen molar-refractivity contribution >= 4 is 5.97 Å². The van der Waals surface area contributed by atoms with Crippen molar-refractivity contribution in [3.8, 4) is 0 Å². The lowest BCUT2D eigenvalue weighted by Gasteiger charge is -2.27. The van der Waals surface area contributed by atoms with E-state index in [1.807, 2.05) is 30.3 Å². The predicted octanol–water partition coefficient (Wildman–Crippen LogP) is 2.14. The highest BCUT2D eigenvalue weighted by molar-refractivity contribution is 5.75. The first-order chi connectivity index (χ1) is 10.3. The molecule has 0 spiro atoms. The summed E-state index contributed by atoms with van der Waals surface area (Å²) in [5.41, 5.74) is 0.238. The number of aliphatic hydroxyl groups is 1. The quantitative estimate of drug-likeness (QED) is 0.568. The lowest BCUT2D eigenvalue weighted by Crippen LogP contribution is -2.48. The summed E-state index contributed by atoms with van der Waals surface area (Å²) in [5.74, 6) is -0.627. The van der Waals surface area contributed by atoms with E-state index in [0.29, 0.717) is 0 Å². The Balaban J connectivity index is 2.52. The standard InChI is InChI=1S/C16H24FNO4/c1-16(2,3)22-15(20)18-13(9-10-17)14(19)21-11-12-7-5-4-6-8-12/h4-8,13,15,18,20H,9-11H2,1-3H3/t13-,15?/m0/s1. The maximum atomic E-state index is 12.6. The molecule has 2 N–H and O–H groups in total.